The van der Waals surface area contributed by atoms with Crippen molar-refractivity contribution >= 4 is 12.6 Å². The van der Waals surface area contributed by atoms with Crippen molar-refractivity contribution in [1.82, 2.24) is 4.90 Å². The minimum absolute atomic E-state index is 0.0694. The second-order valence-corrected chi connectivity index (χ2v) is 3.43. The first kappa shape index (κ1) is 8.31. The molecule has 0 radical (unpaired) electrons. The van der Waals surface area contributed by atoms with Crippen molar-refractivity contribution in [3.63, 3.8) is 0 Å². The van der Waals surface area contributed by atoms with Gasteiger partial charge in [-0.05, 0) is 27.4 Å². The largest absolute Gasteiger partial charge is 0.296 e. The molecule has 0 fully saturated rings. The Morgan fingerprint density at radius 1 is 1.50 bits per heavy atom. The van der Waals surface area contributed by atoms with E-state index in [9.17, 15) is 0 Å². The number of hydrogen-bond donors (Lipinski definition) is 1. The van der Waals surface area contributed by atoms with Crippen LogP contribution in [0.5, 0.6) is 0 Å². The predicted molar refractivity (Wildman–Crippen MR) is 41.4 cm³/mol. The van der Waals surface area contributed by atoms with Crippen LogP contribution < -0.4 is 0 Å². The Kier molecular flexibility index (Phi) is 2.84. The van der Waals surface area contributed by atoms with Crippen molar-refractivity contribution in [2.45, 2.75) is 25.1 Å². The first-order chi connectivity index (χ1) is 3.50. The van der Waals surface area contributed by atoms with Gasteiger partial charge in [0.1, 0.15) is 0 Å². The minimum Gasteiger partial charge on any atom is -0.296 e. The molecular weight excluding hydrogens is 118 g/mol. The van der Waals surface area contributed by atoms with Crippen molar-refractivity contribution < 1.29 is 0 Å². The Morgan fingerprint density at radius 3 is 1.88 bits per heavy atom. The van der Waals surface area contributed by atoms with Crippen LogP contribution in [0.4, 0.5) is 0 Å². The number of thiol groups is 1. The zero-order valence-electron chi connectivity index (χ0n) is 6.10. The highest BCUT2D eigenvalue weighted by molar-refractivity contribution is 7.81. The van der Waals surface area contributed by atoms with Gasteiger partial charge >= 0.3 is 0 Å². The molecule has 0 aliphatic rings. The zero-order chi connectivity index (χ0) is 6.78. The molecule has 0 N–H and O–H groups in total. The summed E-state index contributed by atoms with van der Waals surface area (Å²) < 4.78 is 0. The Bertz CT molecular complexity index is 68.9. The maximum absolute atomic E-state index is 4.41. The molecular formula is C6H15NS. The molecule has 0 bridgehead atoms. The molecule has 1 unspecified atom stereocenters. The Hall–Kier alpha value is 0.310. The van der Waals surface area contributed by atoms with E-state index in [0.717, 1.165) is 6.42 Å². The number of nitrogens with zero attached hydrogens (tertiary/aromatic N) is 1. The molecule has 0 amide bonds. The summed E-state index contributed by atoms with van der Waals surface area (Å²) in [6.07, 6.45) is 1.07. The van der Waals surface area contributed by atoms with Crippen LogP contribution in [-0.2, 0) is 0 Å². The normalized spacial score (nSPS) is 18.8. The van der Waals surface area contributed by atoms with Gasteiger partial charge < -0.3 is 0 Å². The fraction of sp³-hybridized carbons (Fsp3) is 1.00. The molecule has 0 saturated carbocycles. The summed E-state index contributed by atoms with van der Waals surface area (Å²) in [5.41, 5.74) is 0. The summed E-state index contributed by atoms with van der Waals surface area (Å²) in [6.45, 7) is 4.24. The molecule has 1 atom stereocenters. The van der Waals surface area contributed by atoms with Gasteiger partial charge in [-0.15, -0.1) is 0 Å². The van der Waals surface area contributed by atoms with E-state index >= 15 is 0 Å². The van der Waals surface area contributed by atoms with Gasteiger partial charge in [-0.25, -0.2) is 0 Å². The van der Waals surface area contributed by atoms with Crippen LogP contribution in [0.2, 0.25) is 0 Å². The summed E-state index contributed by atoms with van der Waals surface area (Å²) in [6, 6.07) is 0. The van der Waals surface area contributed by atoms with Crippen LogP contribution in [-0.4, -0.2) is 23.9 Å². The van der Waals surface area contributed by atoms with E-state index in [4.69, 9.17) is 0 Å². The maximum atomic E-state index is 4.41. The molecule has 0 rings (SSSR count). The van der Waals surface area contributed by atoms with Gasteiger partial charge in [0.25, 0.3) is 0 Å². The van der Waals surface area contributed by atoms with Crippen molar-refractivity contribution in [3.8, 4) is 0 Å². The highest BCUT2D eigenvalue weighted by Crippen LogP contribution is 2.19. The van der Waals surface area contributed by atoms with Crippen LogP contribution in [0, 0.1) is 0 Å². The first-order valence-corrected chi connectivity index (χ1v) is 3.35. The average Bonchev–Trinajstić information content (AvgIpc) is 1.67. The summed E-state index contributed by atoms with van der Waals surface area (Å²) in [7, 11) is 4.08. The van der Waals surface area contributed by atoms with Crippen LogP contribution in [0.15, 0.2) is 0 Å². The van der Waals surface area contributed by atoms with Crippen LogP contribution in [0.3, 0.4) is 0 Å². The summed E-state index contributed by atoms with van der Waals surface area (Å²) in [4.78, 5) is 2.18. The minimum atomic E-state index is 0.0694. The molecule has 0 spiro atoms. The lowest BCUT2D eigenvalue weighted by Gasteiger charge is -2.29. The lowest BCUT2D eigenvalue weighted by atomic mass is 10.2. The molecule has 0 aromatic heterocycles. The van der Waals surface area contributed by atoms with Crippen molar-refractivity contribution in [2.24, 2.45) is 0 Å². The highest BCUT2D eigenvalue weighted by atomic mass is 32.1. The van der Waals surface area contributed by atoms with E-state index in [1.807, 2.05) is 14.1 Å². The van der Waals surface area contributed by atoms with Crippen molar-refractivity contribution in [3.05, 3.63) is 0 Å². The molecule has 0 aliphatic heterocycles. The van der Waals surface area contributed by atoms with E-state index in [1.165, 1.54) is 0 Å². The van der Waals surface area contributed by atoms with E-state index in [2.05, 4.69) is 31.4 Å². The van der Waals surface area contributed by atoms with Gasteiger partial charge in [-0.2, -0.15) is 12.6 Å². The molecule has 0 aliphatic carbocycles. The van der Waals surface area contributed by atoms with Gasteiger partial charge in [0, 0.05) is 0 Å². The van der Waals surface area contributed by atoms with Crippen molar-refractivity contribution in [1.29, 1.82) is 0 Å². The van der Waals surface area contributed by atoms with Gasteiger partial charge in [0.05, 0.1) is 4.87 Å². The van der Waals surface area contributed by atoms with E-state index < -0.39 is 0 Å². The zero-order valence-corrected chi connectivity index (χ0v) is 7.00. The van der Waals surface area contributed by atoms with E-state index in [1.54, 1.807) is 0 Å². The van der Waals surface area contributed by atoms with Gasteiger partial charge in [0.15, 0.2) is 0 Å². The third-order valence-electron chi connectivity index (χ3n) is 1.63. The fourth-order valence-electron chi connectivity index (χ4n) is 0.316. The van der Waals surface area contributed by atoms with Gasteiger partial charge in [-0.1, -0.05) is 6.92 Å². The molecule has 8 heavy (non-hydrogen) atoms. The predicted octanol–water partition coefficient (Wildman–Crippen LogP) is 1.60. The topological polar surface area (TPSA) is 3.24 Å². The highest BCUT2D eigenvalue weighted by Gasteiger charge is 2.17. The van der Waals surface area contributed by atoms with Crippen LogP contribution in [0.1, 0.15) is 20.3 Å². The summed E-state index contributed by atoms with van der Waals surface area (Å²) in [5, 5.41) is 0. The number of hydrogen-bond acceptors (Lipinski definition) is 2. The third kappa shape index (κ3) is 2.05. The Morgan fingerprint density at radius 2 is 1.88 bits per heavy atom. The lowest BCUT2D eigenvalue weighted by molar-refractivity contribution is 0.273. The second kappa shape index (κ2) is 2.74. The van der Waals surface area contributed by atoms with E-state index in [0.29, 0.717) is 0 Å². The van der Waals surface area contributed by atoms with E-state index in [-0.39, 0.29) is 4.87 Å². The smallest absolute Gasteiger partial charge is 0.0604 e. The van der Waals surface area contributed by atoms with Crippen LogP contribution >= 0.6 is 12.6 Å². The van der Waals surface area contributed by atoms with Gasteiger partial charge in [-0.3, -0.25) is 4.90 Å². The molecule has 0 aromatic carbocycles. The monoisotopic (exact) mass is 133 g/mol. The van der Waals surface area contributed by atoms with Crippen LogP contribution in [0.25, 0.3) is 0 Å². The quantitative estimate of drug-likeness (QED) is 0.442. The third-order valence-corrected chi connectivity index (χ3v) is 2.35. The molecule has 2 heteroatoms. The molecule has 0 saturated heterocycles. The molecule has 1 nitrogen and oxygen atoms in total. The van der Waals surface area contributed by atoms with Crippen molar-refractivity contribution in [2.75, 3.05) is 14.1 Å². The maximum Gasteiger partial charge on any atom is 0.0604 e. The molecule has 50 valence electrons. The number of rotatable bonds is 2. The summed E-state index contributed by atoms with van der Waals surface area (Å²) in [5.74, 6) is 0. The Balaban J connectivity index is 3.71. The molecule has 0 aromatic rings. The van der Waals surface area contributed by atoms with Gasteiger partial charge in [0.2, 0.25) is 0 Å². The first-order valence-electron chi connectivity index (χ1n) is 2.90. The standard InChI is InChI=1S/C6H15NS/c1-5-6(2,8)7(3)4/h8H,5H2,1-4H3. The lowest BCUT2D eigenvalue weighted by Crippen LogP contribution is -2.34. The average molecular weight is 133 g/mol. The SMILES string of the molecule is CCC(C)(S)N(C)C. The summed E-state index contributed by atoms with van der Waals surface area (Å²) >= 11 is 4.41. The second-order valence-electron chi connectivity index (χ2n) is 2.46. The Labute approximate surface area is 57.5 Å². The fourth-order valence-corrected chi connectivity index (χ4v) is 0.316. The molecule has 0 heterocycles.